The van der Waals surface area contributed by atoms with Gasteiger partial charge in [0.15, 0.2) is 0 Å². The van der Waals surface area contributed by atoms with Gasteiger partial charge in [0.2, 0.25) is 11.8 Å². The van der Waals surface area contributed by atoms with Gasteiger partial charge < -0.3 is 10.2 Å². The molecule has 1 N–H and O–H groups in total. The number of benzene rings is 2. The average molecular weight is 408 g/mol. The van der Waals surface area contributed by atoms with Gasteiger partial charge in [0.05, 0.1) is 23.1 Å². The van der Waals surface area contributed by atoms with Crippen molar-refractivity contribution in [2.45, 2.75) is 13.5 Å². The van der Waals surface area contributed by atoms with Crippen LogP contribution in [-0.4, -0.2) is 48.8 Å². The Bertz CT molecular complexity index is 809. The maximum Gasteiger partial charge on any atom is 0.243 e. The molecule has 0 aromatic heterocycles. The van der Waals surface area contributed by atoms with Crippen LogP contribution in [0.1, 0.15) is 11.1 Å². The number of nitrogens with one attached hydrogen (secondary N) is 1. The molecule has 0 saturated heterocycles. The van der Waals surface area contributed by atoms with E-state index < -0.39 is 0 Å². The first-order chi connectivity index (χ1) is 12.8. The lowest BCUT2D eigenvalue weighted by Gasteiger charge is -2.22. The molecular weight excluding hydrogens is 385 g/mol. The van der Waals surface area contributed by atoms with Gasteiger partial charge in [0.25, 0.3) is 0 Å². The summed E-state index contributed by atoms with van der Waals surface area (Å²) in [5, 5.41) is 3.76. The predicted molar refractivity (Wildman–Crippen MR) is 110 cm³/mol. The van der Waals surface area contributed by atoms with Crippen molar-refractivity contribution in [3.8, 4) is 0 Å². The molecule has 144 valence electrons. The summed E-state index contributed by atoms with van der Waals surface area (Å²) in [5.74, 6) is -0.398. The van der Waals surface area contributed by atoms with Crippen LogP contribution < -0.4 is 5.32 Å². The molecule has 7 heteroatoms. The van der Waals surface area contributed by atoms with E-state index in [4.69, 9.17) is 23.2 Å². The van der Waals surface area contributed by atoms with Crippen molar-refractivity contribution >= 4 is 40.7 Å². The fraction of sp³-hybridized carbons (Fsp3) is 0.300. The lowest BCUT2D eigenvalue weighted by Crippen LogP contribution is -2.40. The van der Waals surface area contributed by atoms with Gasteiger partial charge in [-0.05, 0) is 37.7 Å². The molecule has 27 heavy (non-hydrogen) atoms. The zero-order valence-corrected chi connectivity index (χ0v) is 17.1. The average Bonchev–Trinajstić information content (AvgIpc) is 2.60. The summed E-state index contributed by atoms with van der Waals surface area (Å²) in [6, 6.07) is 12.9. The molecule has 0 saturated carbocycles. The molecule has 2 amide bonds. The molecule has 0 heterocycles. The Kier molecular flexibility index (Phi) is 7.66. The number of likely N-dealkylation sites (N-methyl/N-ethyl adjacent to an activating group) is 2. The number of hydrogen-bond donors (Lipinski definition) is 1. The quantitative estimate of drug-likeness (QED) is 0.758. The van der Waals surface area contributed by atoms with E-state index in [1.54, 1.807) is 13.1 Å². The lowest BCUT2D eigenvalue weighted by atomic mass is 10.2. The number of carbonyl (C=O) groups excluding carboxylic acids is 2. The topological polar surface area (TPSA) is 52.7 Å². The van der Waals surface area contributed by atoms with Gasteiger partial charge in [-0.15, -0.1) is 0 Å². The van der Waals surface area contributed by atoms with E-state index in [1.807, 2.05) is 55.3 Å². The first-order valence-corrected chi connectivity index (χ1v) is 9.23. The van der Waals surface area contributed by atoms with Gasteiger partial charge >= 0.3 is 0 Å². The van der Waals surface area contributed by atoms with Crippen molar-refractivity contribution in [2.24, 2.45) is 0 Å². The second-order valence-corrected chi connectivity index (χ2v) is 7.33. The highest BCUT2D eigenvalue weighted by atomic mass is 35.5. The summed E-state index contributed by atoms with van der Waals surface area (Å²) in [5.41, 5.74) is 2.67. The fourth-order valence-corrected chi connectivity index (χ4v) is 2.89. The standard InChI is InChI=1S/C20H23Cl2N3O2/c1-14-7-9-16(10-8-14)23-18(26)12-25(3)19(27)13-24(2)11-15-5-4-6-17(21)20(15)22/h4-10H,11-13H2,1-3H3,(H,23,26). The van der Waals surface area contributed by atoms with Crippen LogP contribution in [0.15, 0.2) is 42.5 Å². The maximum absolute atomic E-state index is 12.4. The third kappa shape index (κ3) is 6.54. The van der Waals surface area contributed by atoms with Crippen molar-refractivity contribution in [1.82, 2.24) is 9.80 Å². The minimum absolute atomic E-state index is 0.0154. The first-order valence-electron chi connectivity index (χ1n) is 8.48. The second-order valence-electron chi connectivity index (χ2n) is 6.55. The lowest BCUT2D eigenvalue weighted by molar-refractivity contribution is -0.134. The number of halogens is 2. The summed E-state index contributed by atoms with van der Waals surface area (Å²) in [6.07, 6.45) is 0. The molecule has 0 radical (unpaired) electrons. The van der Waals surface area contributed by atoms with Gasteiger partial charge in [-0.3, -0.25) is 14.5 Å². The molecule has 2 aromatic rings. The molecular formula is C20H23Cl2N3O2. The summed E-state index contributed by atoms with van der Waals surface area (Å²) < 4.78 is 0. The van der Waals surface area contributed by atoms with E-state index in [0.29, 0.717) is 22.3 Å². The summed E-state index contributed by atoms with van der Waals surface area (Å²) >= 11 is 12.2. The monoisotopic (exact) mass is 407 g/mol. The van der Waals surface area contributed by atoms with Crippen molar-refractivity contribution in [3.05, 3.63) is 63.6 Å². The number of carbonyl (C=O) groups is 2. The fourth-order valence-electron chi connectivity index (χ4n) is 2.51. The van der Waals surface area contributed by atoms with Crippen molar-refractivity contribution in [1.29, 1.82) is 0 Å². The molecule has 0 aliphatic heterocycles. The van der Waals surface area contributed by atoms with Crippen molar-refractivity contribution < 1.29 is 9.59 Å². The molecule has 2 rings (SSSR count). The maximum atomic E-state index is 12.4. The van der Waals surface area contributed by atoms with E-state index >= 15 is 0 Å². The van der Waals surface area contributed by atoms with Crippen molar-refractivity contribution in [2.75, 3.05) is 32.5 Å². The molecule has 2 aromatic carbocycles. The Balaban J connectivity index is 1.84. The normalized spacial score (nSPS) is 10.7. The minimum Gasteiger partial charge on any atom is -0.335 e. The molecule has 0 atom stereocenters. The molecule has 0 bridgehead atoms. The predicted octanol–water partition coefficient (Wildman–Crippen LogP) is 3.83. The SMILES string of the molecule is Cc1ccc(NC(=O)CN(C)C(=O)CN(C)Cc2cccc(Cl)c2Cl)cc1. The zero-order valence-electron chi connectivity index (χ0n) is 15.6. The van der Waals surface area contributed by atoms with Crippen LogP contribution in [0.3, 0.4) is 0 Å². The number of aryl methyl sites for hydroxylation is 1. The minimum atomic E-state index is -0.241. The molecule has 0 spiro atoms. The Labute approximate surface area is 169 Å². The van der Waals surface area contributed by atoms with Gasteiger partial charge in [-0.25, -0.2) is 0 Å². The van der Waals surface area contributed by atoms with Crippen LogP contribution in [0, 0.1) is 6.92 Å². The third-order valence-corrected chi connectivity index (χ3v) is 4.88. The number of nitrogens with zero attached hydrogens (tertiary/aromatic N) is 2. The first kappa shape index (κ1) is 21.2. The van der Waals surface area contributed by atoms with Gasteiger partial charge in [0, 0.05) is 19.3 Å². The van der Waals surface area contributed by atoms with Crippen LogP contribution in [0.25, 0.3) is 0 Å². The summed E-state index contributed by atoms with van der Waals surface area (Å²) in [4.78, 5) is 27.7. The number of rotatable bonds is 7. The Morgan fingerprint density at radius 1 is 1.00 bits per heavy atom. The van der Waals surface area contributed by atoms with E-state index in [1.165, 1.54) is 4.90 Å². The summed E-state index contributed by atoms with van der Waals surface area (Å²) in [6.45, 7) is 2.61. The third-order valence-electron chi connectivity index (χ3n) is 4.02. The number of anilines is 1. The van der Waals surface area contributed by atoms with E-state index in [-0.39, 0.29) is 24.9 Å². The molecule has 0 fully saturated rings. The largest absolute Gasteiger partial charge is 0.335 e. The van der Waals surface area contributed by atoms with Crippen LogP contribution >= 0.6 is 23.2 Å². The van der Waals surface area contributed by atoms with Gasteiger partial charge in [-0.1, -0.05) is 53.0 Å². The van der Waals surface area contributed by atoms with Crippen LogP contribution in [0.4, 0.5) is 5.69 Å². The number of hydrogen-bond acceptors (Lipinski definition) is 3. The second kappa shape index (κ2) is 9.74. The van der Waals surface area contributed by atoms with Crippen LogP contribution in [0.2, 0.25) is 10.0 Å². The Hall–Kier alpha value is -2.08. The highest BCUT2D eigenvalue weighted by Gasteiger charge is 2.16. The van der Waals surface area contributed by atoms with E-state index in [0.717, 1.165) is 11.1 Å². The van der Waals surface area contributed by atoms with Crippen molar-refractivity contribution in [3.63, 3.8) is 0 Å². The van der Waals surface area contributed by atoms with Gasteiger partial charge in [-0.2, -0.15) is 0 Å². The zero-order chi connectivity index (χ0) is 20.0. The molecule has 0 unspecified atom stereocenters. The Morgan fingerprint density at radius 2 is 1.67 bits per heavy atom. The highest BCUT2D eigenvalue weighted by molar-refractivity contribution is 6.42. The smallest absolute Gasteiger partial charge is 0.243 e. The van der Waals surface area contributed by atoms with E-state index in [9.17, 15) is 9.59 Å². The highest BCUT2D eigenvalue weighted by Crippen LogP contribution is 2.26. The van der Waals surface area contributed by atoms with Crippen LogP contribution in [-0.2, 0) is 16.1 Å². The number of amides is 2. The van der Waals surface area contributed by atoms with Gasteiger partial charge in [0.1, 0.15) is 0 Å². The molecule has 5 nitrogen and oxygen atoms in total. The molecule has 0 aliphatic carbocycles. The summed E-state index contributed by atoms with van der Waals surface area (Å²) in [7, 11) is 3.42. The van der Waals surface area contributed by atoms with Crippen LogP contribution in [0.5, 0.6) is 0 Å². The molecule has 0 aliphatic rings. The Morgan fingerprint density at radius 3 is 2.33 bits per heavy atom. The van der Waals surface area contributed by atoms with E-state index in [2.05, 4.69) is 5.32 Å².